The fourth-order valence-corrected chi connectivity index (χ4v) is 2.14. The summed E-state index contributed by atoms with van der Waals surface area (Å²) in [4.78, 5) is 0.768. The average molecular weight is 179 g/mol. The van der Waals surface area contributed by atoms with Crippen molar-refractivity contribution in [2.45, 2.75) is 25.9 Å². The topological polar surface area (TPSA) is 48.7 Å². The van der Waals surface area contributed by atoms with E-state index in [1.54, 1.807) is 0 Å². The number of nitriles is 1. The van der Waals surface area contributed by atoms with Gasteiger partial charge in [-0.05, 0) is 18.5 Å². The molecule has 0 fully saturated rings. The van der Waals surface area contributed by atoms with Crippen molar-refractivity contribution in [3.63, 3.8) is 0 Å². The third-order valence-electron chi connectivity index (χ3n) is 2.10. The van der Waals surface area contributed by atoms with E-state index in [0.29, 0.717) is 6.04 Å². The van der Waals surface area contributed by atoms with Gasteiger partial charge in [-0.3, -0.25) is 0 Å². The van der Waals surface area contributed by atoms with Crippen molar-refractivity contribution in [2.75, 3.05) is 0 Å². The monoisotopic (exact) mass is 179 g/mol. The number of nitrogens with one attached hydrogen (secondary N) is 1. The Morgan fingerprint density at radius 3 is 3.33 bits per heavy atom. The van der Waals surface area contributed by atoms with Gasteiger partial charge in [0, 0.05) is 24.6 Å². The molecule has 62 valence electrons. The number of aromatic nitrogens is 1. The SMILES string of the molecule is CC1Cc2nsc(C#N)c2CN1. The Hall–Kier alpha value is -0.920. The van der Waals surface area contributed by atoms with E-state index in [-0.39, 0.29) is 0 Å². The van der Waals surface area contributed by atoms with Gasteiger partial charge in [-0.1, -0.05) is 0 Å². The van der Waals surface area contributed by atoms with Crippen molar-refractivity contribution in [2.24, 2.45) is 0 Å². The predicted molar refractivity (Wildman–Crippen MR) is 46.8 cm³/mol. The molecule has 0 saturated heterocycles. The molecule has 0 saturated carbocycles. The molecule has 0 amide bonds. The highest BCUT2D eigenvalue weighted by atomic mass is 32.1. The van der Waals surface area contributed by atoms with Crippen LogP contribution < -0.4 is 5.32 Å². The van der Waals surface area contributed by atoms with Crippen LogP contribution >= 0.6 is 11.5 Å². The van der Waals surface area contributed by atoms with Crippen LogP contribution in [0.2, 0.25) is 0 Å². The molecule has 1 unspecified atom stereocenters. The number of hydrogen-bond acceptors (Lipinski definition) is 4. The molecule has 0 bridgehead atoms. The summed E-state index contributed by atoms with van der Waals surface area (Å²) in [7, 11) is 0. The molecular formula is C8H9N3S. The highest BCUT2D eigenvalue weighted by Gasteiger charge is 2.20. The molecule has 4 heteroatoms. The second kappa shape index (κ2) is 2.85. The van der Waals surface area contributed by atoms with Gasteiger partial charge in [0.2, 0.25) is 0 Å². The Balaban J connectivity index is 2.40. The van der Waals surface area contributed by atoms with E-state index >= 15 is 0 Å². The maximum Gasteiger partial charge on any atom is 0.130 e. The zero-order valence-electron chi connectivity index (χ0n) is 6.79. The van der Waals surface area contributed by atoms with Gasteiger partial charge in [-0.2, -0.15) is 9.64 Å². The first-order valence-corrected chi connectivity index (χ1v) is 4.69. The van der Waals surface area contributed by atoms with Crippen molar-refractivity contribution in [3.8, 4) is 6.07 Å². The summed E-state index contributed by atoms with van der Waals surface area (Å²) in [6.07, 6.45) is 0.952. The van der Waals surface area contributed by atoms with Crippen molar-refractivity contribution < 1.29 is 0 Å². The van der Waals surface area contributed by atoms with Gasteiger partial charge in [-0.15, -0.1) is 0 Å². The first-order valence-electron chi connectivity index (χ1n) is 3.92. The molecule has 1 aliphatic rings. The maximum absolute atomic E-state index is 8.74. The Kier molecular flexibility index (Phi) is 1.83. The molecule has 2 heterocycles. The third-order valence-corrected chi connectivity index (χ3v) is 2.93. The summed E-state index contributed by atoms with van der Waals surface area (Å²) < 4.78 is 4.26. The van der Waals surface area contributed by atoms with Crippen LogP contribution in [-0.4, -0.2) is 10.4 Å². The molecule has 0 spiro atoms. The lowest BCUT2D eigenvalue weighted by molar-refractivity contribution is 0.509. The highest BCUT2D eigenvalue weighted by molar-refractivity contribution is 7.06. The minimum Gasteiger partial charge on any atom is -0.310 e. The summed E-state index contributed by atoms with van der Waals surface area (Å²) in [6, 6.07) is 2.66. The van der Waals surface area contributed by atoms with Crippen LogP contribution in [0.15, 0.2) is 0 Å². The molecule has 12 heavy (non-hydrogen) atoms. The standard InChI is InChI=1S/C8H9N3S/c1-5-2-7-6(4-10-5)8(3-9)12-11-7/h5,10H,2,4H2,1H3. The van der Waals surface area contributed by atoms with E-state index in [1.807, 2.05) is 0 Å². The maximum atomic E-state index is 8.74. The molecule has 1 atom stereocenters. The van der Waals surface area contributed by atoms with Gasteiger partial charge in [0.15, 0.2) is 0 Å². The van der Waals surface area contributed by atoms with Gasteiger partial charge in [-0.25, -0.2) is 0 Å². The zero-order chi connectivity index (χ0) is 8.55. The lowest BCUT2D eigenvalue weighted by Crippen LogP contribution is -2.32. The van der Waals surface area contributed by atoms with Gasteiger partial charge in [0.05, 0.1) is 5.69 Å². The molecule has 1 aliphatic heterocycles. The Labute approximate surface area is 75.2 Å². The van der Waals surface area contributed by atoms with Crippen LogP contribution in [0.3, 0.4) is 0 Å². The van der Waals surface area contributed by atoms with Crippen LogP contribution in [-0.2, 0) is 13.0 Å². The minimum absolute atomic E-state index is 0.492. The first kappa shape index (κ1) is 7.71. The van der Waals surface area contributed by atoms with E-state index in [2.05, 4.69) is 22.7 Å². The van der Waals surface area contributed by atoms with E-state index in [0.717, 1.165) is 29.1 Å². The number of nitrogens with zero attached hydrogens (tertiary/aromatic N) is 2. The number of fused-ring (bicyclic) bond motifs is 1. The van der Waals surface area contributed by atoms with Crippen LogP contribution in [0.25, 0.3) is 0 Å². The Morgan fingerprint density at radius 2 is 2.58 bits per heavy atom. The molecule has 0 aromatic carbocycles. The van der Waals surface area contributed by atoms with Gasteiger partial charge in [0.1, 0.15) is 10.9 Å². The zero-order valence-corrected chi connectivity index (χ0v) is 7.61. The Morgan fingerprint density at radius 1 is 1.75 bits per heavy atom. The molecule has 1 aromatic heterocycles. The molecular weight excluding hydrogens is 170 g/mol. The van der Waals surface area contributed by atoms with Crippen molar-refractivity contribution in [1.82, 2.24) is 9.69 Å². The minimum atomic E-state index is 0.492. The summed E-state index contributed by atoms with van der Waals surface area (Å²) in [5.74, 6) is 0. The average Bonchev–Trinajstić information content (AvgIpc) is 2.46. The Bertz CT molecular complexity index is 337. The third kappa shape index (κ3) is 1.11. The van der Waals surface area contributed by atoms with E-state index in [1.165, 1.54) is 11.5 Å². The first-order chi connectivity index (χ1) is 5.81. The fraction of sp³-hybridized carbons (Fsp3) is 0.500. The van der Waals surface area contributed by atoms with Gasteiger partial charge in [0.25, 0.3) is 0 Å². The smallest absolute Gasteiger partial charge is 0.130 e. The second-order valence-corrected chi connectivity index (χ2v) is 3.81. The van der Waals surface area contributed by atoms with Crippen LogP contribution in [0, 0.1) is 11.3 Å². The van der Waals surface area contributed by atoms with E-state index in [9.17, 15) is 0 Å². The summed E-state index contributed by atoms with van der Waals surface area (Å²) in [5, 5.41) is 12.1. The van der Waals surface area contributed by atoms with Gasteiger partial charge < -0.3 is 5.32 Å². The normalized spacial score (nSPS) is 21.5. The van der Waals surface area contributed by atoms with Crippen molar-refractivity contribution in [3.05, 3.63) is 16.1 Å². The summed E-state index contributed by atoms with van der Waals surface area (Å²) in [5.41, 5.74) is 2.23. The lowest BCUT2D eigenvalue weighted by Gasteiger charge is -2.18. The molecule has 0 aliphatic carbocycles. The summed E-state index contributed by atoms with van der Waals surface area (Å²) in [6.45, 7) is 2.93. The molecule has 0 radical (unpaired) electrons. The number of hydrogen-bond donors (Lipinski definition) is 1. The second-order valence-electron chi connectivity index (χ2n) is 3.03. The highest BCUT2D eigenvalue weighted by Crippen LogP contribution is 2.22. The van der Waals surface area contributed by atoms with Crippen molar-refractivity contribution >= 4 is 11.5 Å². The fourth-order valence-electron chi connectivity index (χ4n) is 1.41. The van der Waals surface area contributed by atoms with Crippen molar-refractivity contribution in [1.29, 1.82) is 5.26 Å². The number of rotatable bonds is 0. The molecule has 1 aromatic rings. The molecule has 2 rings (SSSR count). The van der Waals surface area contributed by atoms with Crippen LogP contribution in [0.4, 0.5) is 0 Å². The van der Waals surface area contributed by atoms with E-state index < -0.39 is 0 Å². The van der Waals surface area contributed by atoms with Gasteiger partial charge >= 0.3 is 0 Å². The van der Waals surface area contributed by atoms with Crippen LogP contribution in [0.5, 0.6) is 0 Å². The van der Waals surface area contributed by atoms with E-state index in [4.69, 9.17) is 5.26 Å². The van der Waals surface area contributed by atoms with Crippen LogP contribution in [0.1, 0.15) is 23.1 Å². The molecule has 3 nitrogen and oxygen atoms in total. The lowest BCUT2D eigenvalue weighted by atomic mass is 10.0. The quantitative estimate of drug-likeness (QED) is 0.647. The largest absolute Gasteiger partial charge is 0.310 e. The predicted octanol–water partition coefficient (Wildman–Crippen LogP) is 1.05. The summed E-state index contributed by atoms with van der Waals surface area (Å²) >= 11 is 1.32. The molecule has 1 N–H and O–H groups in total.